The lowest BCUT2D eigenvalue weighted by Gasteiger charge is -2.43. The van der Waals surface area contributed by atoms with Crippen molar-refractivity contribution in [2.24, 2.45) is 35.5 Å². The molecule has 0 amide bonds. The largest absolute Gasteiger partial charge is 0.0808 e. The molecule has 2 saturated carbocycles. The monoisotopic (exact) mass is 400 g/mol. The number of rotatable bonds is 3. The van der Waals surface area contributed by atoms with E-state index in [2.05, 4.69) is 106 Å². The first-order valence-electron chi connectivity index (χ1n) is 11.7. The van der Waals surface area contributed by atoms with E-state index >= 15 is 0 Å². The minimum Gasteiger partial charge on any atom is -0.0808 e. The maximum absolute atomic E-state index is 2.75. The molecule has 4 aliphatic rings. The zero-order chi connectivity index (χ0) is 20.2. The van der Waals surface area contributed by atoms with Crippen molar-refractivity contribution in [1.29, 1.82) is 0 Å². The Kier molecular flexibility index (Phi) is 4.85. The van der Waals surface area contributed by atoms with Crippen LogP contribution in [0.3, 0.4) is 0 Å². The van der Waals surface area contributed by atoms with Gasteiger partial charge in [0.25, 0.3) is 0 Å². The summed E-state index contributed by atoms with van der Waals surface area (Å²) in [6, 6.07) is 11.4. The average Bonchev–Trinajstić information content (AvgIpc) is 3.26. The lowest BCUT2D eigenvalue weighted by atomic mass is 9.83. The molecule has 2 fully saturated rings. The summed E-state index contributed by atoms with van der Waals surface area (Å²) in [7, 11) is -1.49. The average molecular weight is 401 g/mol. The van der Waals surface area contributed by atoms with E-state index in [4.69, 9.17) is 0 Å². The Bertz CT molecular complexity index is 834. The molecule has 5 rings (SSSR count). The van der Waals surface area contributed by atoms with Gasteiger partial charge in [0.2, 0.25) is 0 Å². The van der Waals surface area contributed by atoms with Gasteiger partial charge in [-0.1, -0.05) is 106 Å². The van der Waals surface area contributed by atoms with E-state index in [0.717, 1.165) is 40.7 Å². The Hall–Kier alpha value is -1.60. The van der Waals surface area contributed by atoms with Gasteiger partial charge in [-0.15, -0.1) is 0 Å². The molecule has 0 radical (unpaired) electrons. The van der Waals surface area contributed by atoms with Crippen LogP contribution >= 0.6 is 0 Å². The molecule has 0 aliphatic heterocycles. The van der Waals surface area contributed by atoms with Crippen molar-refractivity contribution in [1.82, 2.24) is 0 Å². The maximum Gasteiger partial charge on any atom is 0.0547 e. The first-order chi connectivity index (χ1) is 14.0. The molecule has 1 heteroatoms. The molecule has 152 valence electrons. The topological polar surface area (TPSA) is 0 Å². The van der Waals surface area contributed by atoms with Crippen LogP contribution in [0.25, 0.3) is 0 Å². The second-order valence-electron chi connectivity index (χ2n) is 10.8. The van der Waals surface area contributed by atoms with Crippen molar-refractivity contribution in [2.45, 2.75) is 50.4 Å². The van der Waals surface area contributed by atoms with Gasteiger partial charge in [-0.2, -0.15) is 0 Å². The van der Waals surface area contributed by atoms with Crippen molar-refractivity contribution < 1.29 is 0 Å². The SMILES string of the molecule is CC1C2C=CC=CC2C(C)C1[Si](C)(C)C1CC(c2ccccc2)C2C=CC=CC21. The predicted octanol–water partition coefficient (Wildman–Crippen LogP) is 7.63. The van der Waals surface area contributed by atoms with Crippen molar-refractivity contribution in [3.8, 4) is 0 Å². The molecule has 0 spiro atoms. The highest BCUT2D eigenvalue weighted by atomic mass is 28.3. The highest BCUT2D eigenvalue weighted by Gasteiger charge is 2.57. The standard InChI is InChI=1S/C28H36Si/c1-19-22-14-8-9-15-23(22)20(2)28(19)29(3,4)27-18-26(21-12-6-5-7-13-21)24-16-10-11-17-25(24)27/h5-17,19-20,22-28H,18H2,1-4H3. The summed E-state index contributed by atoms with van der Waals surface area (Å²) in [5.74, 6) is 5.26. The number of hydrogen-bond acceptors (Lipinski definition) is 0. The lowest BCUT2D eigenvalue weighted by Crippen LogP contribution is -2.43. The van der Waals surface area contributed by atoms with Gasteiger partial charge in [0.05, 0.1) is 8.07 Å². The van der Waals surface area contributed by atoms with Crippen LogP contribution in [-0.2, 0) is 0 Å². The van der Waals surface area contributed by atoms with Crippen molar-refractivity contribution in [3.63, 3.8) is 0 Å². The molecule has 8 unspecified atom stereocenters. The fourth-order valence-corrected chi connectivity index (χ4v) is 14.0. The van der Waals surface area contributed by atoms with Crippen LogP contribution in [0.2, 0.25) is 24.2 Å². The van der Waals surface area contributed by atoms with E-state index in [-0.39, 0.29) is 0 Å². The van der Waals surface area contributed by atoms with Crippen molar-refractivity contribution >= 4 is 8.07 Å². The van der Waals surface area contributed by atoms with Crippen LogP contribution in [0.1, 0.15) is 31.7 Å². The highest BCUT2D eigenvalue weighted by molar-refractivity contribution is 6.80. The second kappa shape index (κ2) is 7.27. The molecule has 1 aromatic rings. The Morgan fingerprint density at radius 2 is 1.21 bits per heavy atom. The second-order valence-corrected chi connectivity index (χ2v) is 15.8. The molecule has 0 bridgehead atoms. The van der Waals surface area contributed by atoms with Gasteiger partial charge < -0.3 is 0 Å². The van der Waals surface area contributed by atoms with Crippen LogP contribution in [0.5, 0.6) is 0 Å². The quantitative estimate of drug-likeness (QED) is 0.458. The molecule has 0 nitrogen and oxygen atoms in total. The normalized spacial score (nSPS) is 42.8. The summed E-state index contributed by atoms with van der Waals surface area (Å²) in [5, 5.41) is 0. The molecule has 0 saturated heterocycles. The fourth-order valence-electron chi connectivity index (χ4n) is 8.15. The van der Waals surface area contributed by atoms with Gasteiger partial charge in [0.1, 0.15) is 0 Å². The summed E-state index contributed by atoms with van der Waals surface area (Å²) >= 11 is 0. The van der Waals surface area contributed by atoms with Crippen LogP contribution in [0.15, 0.2) is 78.9 Å². The van der Waals surface area contributed by atoms with Gasteiger partial charge in [-0.05, 0) is 64.5 Å². The zero-order valence-electron chi connectivity index (χ0n) is 18.4. The van der Waals surface area contributed by atoms with Crippen LogP contribution < -0.4 is 0 Å². The van der Waals surface area contributed by atoms with E-state index in [1.807, 2.05) is 0 Å². The molecule has 0 N–H and O–H groups in total. The van der Waals surface area contributed by atoms with Crippen LogP contribution in [0, 0.1) is 35.5 Å². The van der Waals surface area contributed by atoms with Gasteiger partial charge >= 0.3 is 0 Å². The molecule has 29 heavy (non-hydrogen) atoms. The Morgan fingerprint density at radius 3 is 1.79 bits per heavy atom. The van der Waals surface area contributed by atoms with Crippen molar-refractivity contribution in [3.05, 3.63) is 84.5 Å². The molecule has 0 aromatic heterocycles. The van der Waals surface area contributed by atoms with E-state index in [9.17, 15) is 0 Å². The summed E-state index contributed by atoms with van der Waals surface area (Å²) in [4.78, 5) is 0. The van der Waals surface area contributed by atoms with Gasteiger partial charge in [0.15, 0.2) is 0 Å². The molecular weight excluding hydrogens is 364 g/mol. The van der Waals surface area contributed by atoms with E-state index in [1.54, 1.807) is 5.56 Å². The fraction of sp³-hybridized carbons (Fsp3) is 0.500. The highest BCUT2D eigenvalue weighted by Crippen LogP contribution is 2.64. The number of benzene rings is 1. The van der Waals surface area contributed by atoms with Crippen LogP contribution in [-0.4, -0.2) is 8.07 Å². The summed E-state index contributed by atoms with van der Waals surface area (Å²) in [6.45, 7) is 10.6. The minimum atomic E-state index is -1.49. The summed E-state index contributed by atoms with van der Waals surface area (Å²) < 4.78 is 0. The van der Waals surface area contributed by atoms with Gasteiger partial charge in [-0.25, -0.2) is 0 Å². The Labute approximate surface area is 178 Å². The molecule has 8 atom stereocenters. The summed E-state index contributed by atoms with van der Waals surface area (Å²) in [5.41, 5.74) is 3.34. The third kappa shape index (κ3) is 3.00. The molecule has 1 aromatic carbocycles. The summed E-state index contributed by atoms with van der Waals surface area (Å²) in [6.07, 6.45) is 20.7. The molecule has 0 heterocycles. The molecule has 4 aliphatic carbocycles. The first kappa shape index (κ1) is 19.4. The lowest BCUT2D eigenvalue weighted by molar-refractivity contribution is 0.427. The third-order valence-electron chi connectivity index (χ3n) is 9.27. The zero-order valence-corrected chi connectivity index (χ0v) is 19.4. The first-order valence-corrected chi connectivity index (χ1v) is 14.9. The smallest absolute Gasteiger partial charge is 0.0547 e. The number of fused-ring (bicyclic) bond motifs is 2. The Balaban J connectivity index is 1.49. The Morgan fingerprint density at radius 1 is 0.690 bits per heavy atom. The van der Waals surface area contributed by atoms with Gasteiger partial charge in [0, 0.05) is 0 Å². The van der Waals surface area contributed by atoms with Crippen molar-refractivity contribution in [2.75, 3.05) is 0 Å². The minimum absolute atomic E-state index is 0.688. The predicted molar refractivity (Wildman–Crippen MR) is 128 cm³/mol. The van der Waals surface area contributed by atoms with E-state index in [1.165, 1.54) is 6.42 Å². The van der Waals surface area contributed by atoms with E-state index in [0.29, 0.717) is 11.8 Å². The number of allylic oxidation sites excluding steroid dienone is 8. The molecular formula is C28H36Si. The van der Waals surface area contributed by atoms with E-state index < -0.39 is 8.07 Å². The van der Waals surface area contributed by atoms with Gasteiger partial charge in [-0.3, -0.25) is 0 Å². The van der Waals surface area contributed by atoms with Crippen LogP contribution in [0.4, 0.5) is 0 Å². The number of hydrogen-bond donors (Lipinski definition) is 0. The maximum atomic E-state index is 2.75. The third-order valence-corrected chi connectivity index (χ3v) is 14.6.